The average molecular weight is 472 g/mol. The van der Waals surface area contributed by atoms with Crippen molar-refractivity contribution in [3.8, 4) is 28.9 Å². The highest BCUT2D eigenvalue weighted by atomic mass is 16.6. The number of phenolic OH excluding ortho intramolecular Hbond substituents is 2. The highest BCUT2D eigenvalue weighted by Crippen LogP contribution is 2.59. The normalized spacial score (nSPS) is 17.1. The molecule has 11 nitrogen and oxygen atoms in total. The van der Waals surface area contributed by atoms with Crippen LogP contribution in [0.4, 0.5) is 11.4 Å². The molecule has 0 fully saturated rings. The first-order valence-corrected chi connectivity index (χ1v) is 10.4. The molecule has 0 radical (unpaired) electrons. The molecule has 3 aromatic carbocycles. The van der Waals surface area contributed by atoms with E-state index < -0.39 is 17.1 Å². The smallest absolute Gasteiger partial charge is 0.340 e. The van der Waals surface area contributed by atoms with Crippen LogP contribution < -0.4 is 20.3 Å². The number of rotatable bonds is 3. The summed E-state index contributed by atoms with van der Waals surface area (Å²) in [5, 5.41) is 33.0. The van der Waals surface area contributed by atoms with Crippen LogP contribution in [0.25, 0.3) is 0 Å². The number of aromatic hydroxyl groups is 2. The van der Waals surface area contributed by atoms with E-state index in [0.717, 1.165) is 0 Å². The van der Waals surface area contributed by atoms with Crippen molar-refractivity contribution in [1.29, 1.82) is 0 Å². The summed E-state index contributed by atoms with van der Waals surface area (Å²) in [7, 11) is 1.33. The SMILES string of the molecule is COc1nn[nH]c(=O)c1Nc1cc(O)cc2c1C1(OC(=O)c3ccccc31)c1ccc(O)cc1O2. The minimum atomic E-state index is -1.51. The number of aromatic amines is 1. The second-order valence-corrected chi connectivity index (χ2v) is 7.92. The Labute approximate surface area is 196 Å². The number of esters is 1. The first-order chi connectivity index (χ1) is 16.9. The summed E-state index contributed by atoms with van der Waals surface area (Å²) >= 11 is 0. The Morgan fingerprint density at radius 2 is 1.80 bits per heavy atom. The molecule has 0 saturated carbocycles. The number of carbonyl (C=O) groups excluding carboxylic acids is 1. The summed E-state index contributed by atoms with van der Waals surface area (Å²) in [4.78, 5) is 25.6. The van der Waals surface area contributed by atoms with Gasteiger partial charge in [-0.15, -0.1) is 0 Å². The highest BCUT2D eigenvalue weighted by molar-refractivity contribution is 5.98. The van der Waals surface area contributed by atoms with E-state index in [-0.39, 0.29) is 40.3 Å². The number of methoxy groups -OCH3 is 1. The van der Waals surface area contributed by atoms with Crippen LogP contribution in [0.2, 0.25) is 0 Å². The molecular formula is C24H16N4O7. The summed E-state index contributed by atoms with van der Waals surface area (Å²) in [6.45, 7) is 0. The van der Waals surface area contributed by atoms with Gasteiger partial charge in [0.1, 0.15) is 23.0 Å². The summed E-state index contributed by atoms with van der Waals surface area (Å²) < 4.78 is 17.3. The monoisotopic (exact) mass is 472 g/mol. The van der Waals surface area contributed by atoms with Gasteiger partial charge in [0, 0.05) is 29.3 Å². The second-order valence-electron chi connectivity index (χ2n) is 7.92. The minimum Gasteiger partial charge on any atom is -0.508 e. The van der Waals surface area contributed by atoms with Gasteiger partial charge in [-0.3, -0.25) is 4.79 Å². The third-order valence-corrected chi connectivity index (χ3v) is 5.96. The lowest BCUT2D eigenvalue weighted by molar-refractivity contribution is 0.0226. The van der Waals surface area contributed by atoms with Crippen molar-refractivity contribution in [3.63, 3.8) is 0 Å². The maximum atomic E-state index is 13.0. The molecule has 0 saturated heterocycles. The van der Waals surface area contributed by atoms with Crippen molar-refractivity contribution in [1.82, 2.24) is 15.4 Å². The van der Waals surface area contributed by atoms with Crippen molar-refractivity contribution >= 4 is 17.3 Å². The Hall–Kier alpha value is -5.06. The lowest BCUT2D eigenvalue weighted by Crippen LogP contribution is -2.34. The Morgan fingerprint density at radius 3 is 2.63 bits per heavy atom. The van der Waals surface area contributed by atoms with Gasteiger partial charge in [0.15, 0.2) is 11.3 Å². The molecule has 35 heavy (non-hydrogen) atoms. The van der Waals surface area contributed by atoms with E-state index in [0.29, 0.717) is 22.3 Å². The number of hydrogen-bond acceptors (Lipinski definition) is 10. The van der Waals surface area contributed by atoms with Gasteiger partial charge in [0.25, 0.3) is 11.4 Å². The molecule has 0 amide bonds. The molecule has 1 atom stereocenters. The van der Waals surface area contributed by atoms with Crippen molar-refractivity contribution in [2.45, 2.75) is 5.60 Å². The van der Waals surface area contributed by atoms with Crippen molar-refractivity contribution in [2.24, 2.45) is 0 Å². The molecule has 6 rings (SSSR count). The topological polar surface area (TPSA) is 156 Å². The minimum absolute atomic E-state index is 0.0578. The lowest BCUT2D eigenvalue weighted by atomic mass is 9.77. The first-order valence-electron chi connectivity index (χ1n) is 10.4. The van der Waals surface area contributed by atoms with Gasteiger partial charge in [0.05, 0.1) is 23.9 Å². The van der Waals surface area contributed by atoms with Crippen LogP contribution in [0, 0.1) is 0 Å². The molecule has 174 valence electrons. The van der Waals surface area contributed by atoms with Gasteiger partial charge >= 0.3 is 5.97 Å². The molecule has 1 spiro atoms. The van der Waals surface area contributed by atoms with E-state index in [1.165, 1.54) is 31.4 Å². The number of carbonyl (C=O) groups is 1. The summed E-state index contributed by atoms with van der Waals surface area (Å²) in [6.07, 6.45) is 0. The van der Waals surface area contributed by atoms with Crippen molar-refractivity contribution in [2.75, 3.05) is 12.4 Å². The van der Waals surface area contributed by atoms with Crippen LogP contribution in [0.15, 0.2) is 59.4 Å². The largest absolute Gasteiger partial charge is 0.508 e. The Bertz CT molecular complexity index is 1600. The van der Waals surface area contributed by atoms with Gasteiger partial charge in [0.2, 0.25) is 0 Å². The van der Waals surface area contributed by atoms with E-state index in [1.807, 2.05) is 0 Å². The zero-order valence-corrected chi connectivity index (χ0v) is 18.0. The Morgan fingerprint density at radius 1 is 1.00 bits per heavy atom. The van der Waals surface area contributed by atoms with Gasteiger partial charge in [-0.1, -0.05) is 28.5 Å². The summed E-state index contributed by atoms with van der Waals surface area (Å²) in [5.41, 5.74) is -0.383. The third-order valence-electron chi connectivity index (χ3n) is 5.96. The molecule has 1 unspecified atom stereocenters. The van der Waals surface area contributed by atoms with E-state index in [4.69, 9.17) is 14.2 Å². The molecule has 0 bridgehead atoms. The maximum Gasteiger partial charge on any atom is 0.340 e. The van der Waals surface area contributed by atoms with Gasteiger partial charge in [-0.05, 0) is 18.2 Å². The van der Waals surface area contributed by atoms with Crippen LogP contribution in [0.5, 0.6) is 28.9 Å². The highest BCUT2D eigenvalue weighted by Gasteiger charge is 2.55. The fourth-order valence-electron chi connectivity index (χ4n) is 4.59. The maximum absolute atomic E-state index is 13.0. The van der Waals surface area contributed by atoms with E-state index in [2.05, 4.69) is 20.7 Å². The predicted molar refractivity (Wildman–Crippen MR) is 121 cm³/mol. The fourth-order valence-corrected chi connectivity index (χ4v) is 4.59. The number of hydrogen-bond donors (Lipinski definition) is 4. The number of nitrogens with zero attached hydrogens (tertiary/aromatic N) is 2. The number of fused-ring (bicyclic) bond motifs is 6. The van der Waals surface area contributed by atoms with Crippen LogP contribution in [0.1, 0.15) is 27.0 Å². The first kappa shape index (κ1) is 20.5. The molecular weight excluding hydrogens is 456 g/mol. The van der Waals surface area contributed by atoms with E-state index in [9.17, 15) is 19.8 Å². The lowest BCUT2D eigenvalue weighted by Gasteiger charge is -2.38. The molecule has 4 aromatic rings. The summed E-state index contributed by atoms with van der Waals surface area (Å²) in [6, 6.07) is 14.1. The van der Waals surface area contributed by atoms with Gasteiger partial charge < -0.3 is 29.7 Å². The van der Waals surface area contributed by atoms with Crippen LogP contribution >= 0.6 is 0 Å². The van der Waals surface area contributed by atoms with Crippen molar-refractivity contribution < 1.29 is 29.2 Å². The zero-order valence-electron chi connectivity index (χ0n) is 18.0. The van der Waals surface area contributed by atoms with E-state index in [1.54, 1.807) is 30.3 Å². The zero-order chi connectivity index (χ0) is 24.3. The summed E-state index contributed by atoms with van der Waals surface area (Å²) in [5.74, 6) is -0.525. The van der Waals surface area contributed by atoms with Crippen LogP contribution in [-0.2, 0) is 10.3 Å². The number of ether oxygens (including phenoxy) is 3. The molecule has 2 aliphatic heterocycles. The number of benzene rings is 3. The predicted octanol–water partition coefficient (Wildman–Crippen LogP) is 2.90. The molecule has 0 aliphatic carbocycles. The number of nitrogens with one attached hydrogen (secondary N) is 2. The standard InChI is InChI=1S/C24H16N4O7/c1-33-22-20(21(31)26-28-27-22)25-16-8-12(30)10-18-19(16)24(15-7-6-11(29)9-17(15)34-18)14-5-3-2-4-13(14)23(32)35-24/h2-10,29-30H,1H3,(H,25,28)(H,26,27,31). The van der Waals surface area contributed by atoms with Gasteiger partial charge in [-0.2, -0.15) is 0 Å². The molecule has 11 heteroatoms. The number of anilines is 2. The number of aromatic nitrogens is 3. The molecule has 3 heterocycles. The van der Waals surface area contributed by atoms with Gasteiger partial charge in [-0.25, -0.2) is 9.89 Å². The average Bonchev–Trinajstić information content (AvgIpc) is 3.12. The van der Waals surface area contributed by atoms with Crippen LogP contribution in [0.3, 0.4) is 0 Å². The molecule has 2 aliphatic rings. The second kappa shape index (κ2) is 7.22. The van der Waals surface area contributed by atoms with E-state index >= 15 is 0 Å². The number of H-pyrrole nitrogens is 1. The third kappa shape index (κ3) is 2.84. The Kier molecular flexibility index (Phi) is 4.24. The van der Waals surface area contributed by atoms with Crippen molar-refractivity contribution in [3.05, 3.63) is 87.2 Å². The van der Waals surface area contributed by atoms with Crippen LogP contribution in [-0.4, -0.2) is 38.7 Å². The quantitative estimate of drug-likeness (QED) is 0.327. The molecule has 4 N–H and O–H groups in total. The molecule has 1 aromatic heterocycles. The fraction of sp³-hybridized carbons (Fsp3) is 0.0833. The Balaban J connectivity index is 1.69. The number of phenols is 2.